The van der Waals surface area contributed by atoms with Gasteiger partial charge in [-0.15, -0.1) is 0 Å². The van der Waals surface area contributed by atoms with Crippen molar-refractivity contribution >= 4 is 17.0 Å². The Morgan fingerprint density at radius 3 is 2.78 bits per heavy atom. The lowest BCUT2D eigenvalue weighted by Crippen LogP contribution is -2.36. The van der Waals surface area contributed by atoms with E-state index in [0.29, 0.717) is 6.54 Å². The first kappa shape index (κ1) is 15.7. The smallest absolute Gasteiger partial charge is 0.407 e. The quantitative estimate of drug-likeness (QED) is 0.911. The summed E-state index contributed by atoms with van der Waals surface area (Å²) >= 11 is 0. The Morgan fingerprint density at radius 1 is 1.22 bits per heavy atom. The van der Waals surface area contributed by atoms with Crippen LogP contribution in [0.5, 0.6) is 0 Å². The van der Waals surface area contributed by atoms with Gasteiger partial charge in [-0.1, -0.05) is 24.3 Å². The van der Waals surface area contributed by atoms with Crippen molar-refractivity contribution in [3.8, 4) is 0 Å². The molecule has 2 N–H and O–H groups in total. The van der Waals surface area contributed by atoms with E-state index in [1.54, 1.807) is 0 Å². The van der Waals surface area contributed by atoms with Gasteiger partial charge in [0.15, 0.2) is 0 Å². The predicted molar refractivity (Wildman–Crippen MR) is 90.1 cm³/mol. The Morgan fingerprint density at radius 2 is 2.00 bits per heavy atom. The van der Waals surface area contributed by atoms with Gasteiger partial charge in [0.1, 0.15) is 5.60 Å². The molecule has 1 aromatic carbocycles. The molecule has 1 amide bonds. The first-order chi connectivity index (χ1) is 10.9. The molecule has 5 heteroatoms. The summed E-state index contributed by atoms with van der Waals surface area (Å²) in [6.07, 6.45) is 0.572. The molecule has 0 radical (unpaired) electrons. The third kappa shape index (κ3) is 4.42. The zero-order valence-corrected chi connectivity index (χ0v) is 13.8. The number of carbonyl (C=O) groups excluding carboxylic acids is 1. The summed E-state index contributed by atoms with van der Waals surface area (Å²) in [5.74, 6) is 0. The molecule has 5 nitrogen and oxygen atoms in total. The second-order valence-corrected chi connectivity index (χ2v) is 6.97. The number of para-hydroxylation sites is 1. The topological polar surface area (TPSA) is 63.2 Å². The monoisotopic (exact) mass is 313 g/mol. The third-order valence-corrected chi connectivity index (χ3v) is 3.69. The van der Waals surface area contributed by atoms with Gasteiger partial charge in [-0.25, -0.2) is 4.79 Å². The van der Waals surface area contributed by atoms with Crippen LogP contribution in [0.25, 0.3) is 10.9 Å². The van der Waals surface area contributed by atoms with Crippen molar-refractivity contribution in [1.82, 2.24) is 15.6 Å². The first-order valence-corrected chi connectivity index (χ1v) is 7.98. The maximum atomic E-state index is 11.7. The van der Waals surface area contributed by atoms with E-state index in [4.69, 9.17) is 4.74 Å². The molecular formula is C18H23N3O2. The van der Waals surface area contributed by atoms with Crippen molar-refractivity contribution in [2.45, 2.75) is 51.4 Å². The normalized spacial score (nSPS) is 20.3. The van der Waals surface area contributed by atoms with Gasteiger partial charge in [-0.05, 0) is 39.3 Å². The molecule has 0 spiro atoms. The number of amides is 1. The summed E-state index contributed by atoms with van der Waals surface area (Å²) in [6, 6.07) is 12.6. The molecule has 1 fully saturated rings. The number of aromatic nitrogens is 1. The van der Waals surface area contributed by atoms with E-state index < -0.39 is 5.60 Å². The molecule has 0 saturated heterocycles. The highest BCUT2D eigenvalue weighted by atomic mass is 16.6. The molecule has 2 aromatic rings. The molecule has 2 atom stereocenters. The summed E-state index contributed by atoms with van der Waals surface area (Å²) in [4.78, 5) is 16.3. The molecule has 3 rings (SSSR count). The summed E-state index contributed by atoms with van der Waals surface area (Å²) < 4.78 is 5.26. The number of carbonyl (C=O) groups is 1. The number of nitrogens with one attached hydrogen (secondary N) is 2. The van der Waals surface area contributed by atoms with Gasteiger partial charge in [0, 0.05) is 24.0 Å². The Kier molecular flexibility index (Phi) is 4.22. The van der Waals surface area contributed by atoms with Crippen LogP contribution in [0, 0.1) is 0 Å². The minimum Gasteiger partial charge on any atom is -0.444 e. The Labute approximate surface area is 136 Å². The average Bonchev–Trinajstić information content (AvgIpc) is 3.20. The van der Waals surface area contributed by atoms with E-state index in [-0.39, 0.29) is 18.2 Å². The Hall–Kier alpha value is -2.14. The SMILES string of the molecule is CC(C)(C)OC(=O)NC1CC1NCc1ccc2ccccc2n1. The zero-order chi connectivity index (χ0) is 16.4. The van der Waals surface area contributed by atoms with Crippen LogP contribution in [-0.4, -0.2) is 28.8 Å². The predicted octanol–water partition coefficient (Wildman–Crippen LogP) is 2.99. The number of ether oxygens (including phenoxy) is 1. The van der Waals surface area contributed by atoms with E-state index in [1.807, 2.05) is 45.0 Å². The van der Waals surface area contributed by atoms with Gasteiger partial charge in [0.05, 0.1) is 11.2 Å². The Bertz CT molecular complexity index is 709. The summed E-state index contributed by atoms with van der Waals surface area (Å²) in [5, 5.41) is 7.45. The Balaban J connectivity index is 1.47. The lowest BCUT2D eigenvalue weighted by molar-refractivity contribution is 0.0522. The molecule has 2 unspecified atom stereocenters. The van der Waals surface area contributed by atoms with Crippen molar-refractivity contribution in [2.75, 3.05) is 0 Å². The minimum absolute atomic E-state index is 0.144. The summed E-state index contributed by atoms with van der Waals surface area (Å²) in [7, 11) is 0. The van der Waals surface area contributed by atoms with Gasteiger partial charge in [-0.2, -0.15) is 0 Å². The van der Waals surface area contributed by atoms with Crippen LogP contribution in [0.2, 0.25) is 0 Å². The van der Waals surface area contributed by atoms with Crippen molar-refractivity contribution in [3.63, 3.8) is 0 Å². The van der Waals surface area contributed by atoms with E-state index in [0.717, 1.165) is 23.0 Å². The highest BCUT2D eigenvalue weighted by Crippen LogP contribution is 2.22. The van der Waals surface area contributed by atoms with Crippen LogP contribution in [0.15, 0.2) is 36.4 Å². The maximum Gasteiger partial charge on any atom is 0.407 e. The maximum absolute atomic E-state index is 11.7. The second-order valence-electron chi connectivity index (χ2n) is 6.97. The number of rotatable bonds is 4. The van der Waals surface area contributed by atoms with Gasteiger partial charge < -0.3 is 15.4 Å². The van der Waals surface area contributed by atoms with E-state index >= 15 is 0 Å². The molecule has 0 bridgehead atoms. The van der Waals surface area contributed by atoms with Crippen LogP contribution >= 0.6 is 0 Å². The fourth-order valence-corrected chi connectivity index (χ4v) is 2.48. The second kappa shape index (κ2) is 6.16. The van der Waals surface area contributed by atoms with Gasteiger partial charge >= 0.3 is 6.09 Å². The van der Waals surface area contributed by atoms with E-state index in [9.17, 15) is 4.79 Å². The van der Waals surface area contributed by atoms with Crippen molar-refractivity contribution < 1.29 is 9.53 Å². The molecule has 1 heterocycles. The summed E-state index contributed by atoms with van der Waals surface area (Å²) in [6.45, 7) is 6.28. The zero-order valence-electron chi connectivity index (χ0n) is 13.8. The lowest BCUT2D eigenvalue weighted by atomic mass is 10.2. The fraction of sp³-hybridized carbons (Fsp3) is 0.444. The largest absolute Gasteiger partial charge is 0.444 e. The molecule has 1 aliphatic carbocycles. The number of alkyl carbamates (subject to hydrolysis) is 1. The minimum atomic E-state index is -0.461. The standard InChI is InChI=1S/C18H23N3O2/c1-18(2,3)23-17(22)21-16-10-15(16)19-11-13-9-8-12-6-4-5-7-14(12)20-13/h4-9,15-16,19H,10-11H2,1-3H3,(H,21,22). The first-order valence-electron chi connectivity index (χ1n) is 7.98. The van der Waals surface area contributed by atoms with Crippen LogP contribution < -0.4 is 10.6 Å². The molecular weight excluding hydrogens is 290 g/mol. The molecule has 0 aliphatic heterocycles. The third-order valence-electron chi connectivity index (χ3n) is 3.69. The summed E-state index contributed by atoms with van der Waals surface area (Å²) in [5.41, 5.74) is 1.55. The van der Waals surface area contributed by atoms with Gasteiger partial charge in [-0.3, -0.25) is 4.98 Å². The fourth-order valence-electron chi connectivity index (χ4n) is 2.48. The number of hydrogen-bond acceptors (Lipinski definition) is 4. The van der Waals surface area contributed by atoms with Crippen LogP contribution in [0.4, 0.5) is 4.79 Å². The highest BCUT2D eigenvalue weighted by Gasteiger charge is 2.38. The van der Waals surface area contributed by atoms with Crippen LogP contribution in [0.3, 0.4) is 0 Å². The van der Waals surface area contributed by atoms with E-state index in [2.05, 4.69) is 27.8 Å². The lowest BCUT2D eigenvalue weighted by Gasteiger charge is -2.19. The molecule has 122 valence electrons. The molecule has 1 aliphatic rings. The van der Waals surface area contributed by atoms with Gasteiger partial charge in [0.25, 0.3) is 0 Å². The van der Waals surface area contributed by atoms with Crippen molar-refractivity contribution in [3.05, 3.63) is 42.1 Å². The van der Waals surface area contributed by atoms with Crippen molar-refractivity contribution in [2.24, 2.45) is 0 Å². The van der Waals surface area contributed by atoms with Crippen LogP contribution in [-0.2, 0) is 11.3 Å². The average molecular weight is 313 g/mol. The number of nitrogens with zero attached hydrogens (tertiary/aromatic N) is 1. The number of pyridine rings is 1. The number of fused-ring (bicyclic) bond motifs is 1. The van der Waals surface area contributed by atoms with E-state index in [1.165, 1.54) is 0 Å². The van der Waals surface area contributed by atoms with Crippen molar-refractivity contribution in [1.29, 1.82) is 0 Å². The highest BCUT2D eigenvalue weighted by molar-refractivity contribution is 5.78. The molecule has 1 aromatic heterocycles. The van der Waals surface area contributed by atoms with Crippen LogP contribution in [0.1, 0.15) is 32.9 Å². The molecule has 23 heavy (non-hydrogen) atoms. The number of benzene rings is 1. The number of hydrogen-bond donors (Lipinski definition) is 2. The molecule has 1 saturated carbocycles. The van der Waals surface area contributed by atoms with Gasteiger partial charge in [0.2, 0.25) is 0 Å².